The van der Waals surface area contributed by atoms with Crippen molar-refractivity contribution < 1.29 is 24.2 Å². The minimum atomic E-state index is -1.14. The summed E-state index contributed by atoms with van der Waals surface area (Å²) in [6.45, 7) is 23.9. The molecular weight excluding hydrogens is 612 g/mol. The quantitative estimate of drug-likeness (QED) is 0.197. The molecule has 0 aromatic carbocycles. The second kappa shape index (κ2) is 12.4. The molecule has 3 N–H and O–H groups in total. The average molecular weight is 681 g/mol. The summed E-state index contributed by atoms with van der Waals surface area (Å²) in [7, 11) is 0. The Kier molecular flexibility index (Phi) is 9.31. The Hall–Kier alpha value is -1.89. The van der Waals surface area contributed by atoms with Crippen LogP contribution in [-0.2, 0) is 19.1 Å². The van der Waals surface area contributed by atoms with Crippen LogP contribution in [0.5, 0.6) is 0 Å². The van der Waals surface area contributed by atoms with Gasteiger partial charge in [0.15, 0.2) is 0 Å². The topological polar surface area (TPSA) is 110 Å². The maximum atomic E-state index is 14.1. The number of hydrogen-bond donors (Lipinski definition) is 2. The van der Waals surface area contributed by atoms with Gasteiger partial charge in [-0.3, -0.25) is 14.4 Å². The number of likely N-dealkylation sites (tertiary alicyclic amines) is 1. The lowest BCUT2D eigenvalue weighted by Gasteiger charge is -2.73. The first-order chi connectivity index (χ1) is 22.8. The van der Waals surface area contributed by atoms with Gasteiger partial charge in [-0.1, -0.05) is 46.8 Å². The fourth-order valence-electron chi connectivity index (χ4n) is 14.2. The van der Waals surface area contributed by atoms with E-state index in [4.69, 9.17) is 10.5 Å². The van der Waals surface area contributed by atoms with Gasteiger partial charge in [-0.05, 0) is 149 Å². The smallest absolute Gasteiger partial charge is 0.309 e. The number of aliphatic carboxylic acids is 1. The van der Waals surface area contributed by atoms with Gasteiger partial charge in [0.25, 0.3) is 0 Å². The Balaban J connectivity index is 1.25. The van der Waals surface area contributed by atoms with Crippen LogP contribution in [0.25, 0.3) is 0 Å². The van der Waals surface area contributed by atoms with E-state index >= 15 is 0 Å². The van der Waals surface area contributed by atoms with Crippen molar-refractivity contribution in [2.45, 2.75) is 157 Å². The normalized spacial score (nSPS) is 44.3. The molecule has 49 heavy (non-hydrogen) atoms. The van der Waals surface area contributed by atoms with Crippen molar-refractivity contribution in [2.75, 3.05) is 13.1 Å². The highest BCUT2D eigenvalue weighted by Gasteiger charge is 2.71. The molecule has 0 aromatic rings. The number of rotatable bonds is 8. The minimum absolute atomic E-state index is 0.0655. The van der Waals surface area contributed by atoms with Crippen molar-refractivity contribution in [1.82, 2.24) is 4.90 Å². The maximum absolute atomic E-state index is 14.1. The Labute approximate surface area is 296 Å². The summed E-state index contributed by atoms with van der Waals surface area (Å²) < 4.78 is 6.18. The molecule has 1 amide bonds. The number of nitrogens with zero attached hydrogens (tertiary/aromatic N) is 1. The lowest BCUT2D eigenvalue weighted by Crippen LogP contribution is -2.67. The number of amides is 1. The van der Waals surface area contributed by atoms with Crippen molar-refractivity contribution >= 4 is 17.8 Å². The van der Waals surface area contributed by atoms with E-state index in [0.717, 1.165) is 57.9 Å². The van der Waals surface area contributed by atoms with Gasteiger partial charge in [0.2, 0.25) is 5.91 Å². The van der Waals surface area contributed by atoms with Crippen molar-refractivity contribution in [3.8, 4) is 0 Å². The summed E-state index contributed by atoms with van der Waals surface area (Å²) in [5, 5.41) is 9.60. The standard InChI is InChI=1S/C42H68N2O5/c1-26(2)28-14-19-42(23-33(45)44-22-10-11-27(44)25-43)21-20-40(8)29(35(28)42)12-13-31-39(7)17-16-32(49-34(46)24-37(3,4)36(47)48)38(5,6)30(39)15-18-41(31,40)9/h27-32,35H,1,10-25,43H2,2-9H3,(H,47,48)/t27-,28-,29+,30-,31+,32-,35+,39-,40+,41+,42+/m0/s1. The first-order valence-corrected chi connectivity index (χ1v) is 19.9. The third-order valence-corrected chi connectivity index (χ3v) is 17.1. The third-order valence-electron chi connectivity index (χ3n) is 17.1. The molecule has 0 bridgehead atoms. The van der Waals surface area contributed by atoms with E-state index in [1.54, 1.807) is 13.8 Å². The van der Waals surface area contributed by atoms with Gasteiger partial charge in [-0.25, -0.2) is 0 Å². The molecule has 7 heteroatoms. The van der Waals surface area contributed by atoms with Crippen LogP contribution in [0.4, 0.5) is 0 Å². The molecule has 6 rings (SSSR count). The number of nitrogens with two attached hydrogens (primary N) is 1. The fraction of sp³-hybridized carbons (Fsp3) is 0.881. The van der Waals surface area contributed by atoms with Crippen LogP contribution >= 0.6 is 0 Å². The molecule has 5 saturated carbocycles. The zero-order chi connectivity index (χ0) is 35.9. The van der Waals surface area contributed by atoms with E-state index in [-0.39, 0.29) is 51.6 Å². The Morgan fingerprint density at radius 1 is 0.898 bits per heavy atom. The molecule has 0 unspecified atom stereocenters. The van der Waals surface area contributed by atoms with Crippen LogP contribution in [0, 0.1) is 62.1 Å². The number of fused-ring (bicyclic) bond motifs is 7. The summed E-state index contributed by atoms with van der Waals surface area (Å²) in [5.41, 5.74) is 6.72. The second-order valence-electron chi connectivity index (χ2n) is 20.0. The SMILES string of the molecule is C=C(C)[C@@H]1CC[C@]2(CC(=O)N3CCC[C@H]3CN)CC[C@]3(C)[C@H](CC[C@@H]4[C@@]5(C)CC[C@H](OC(=O)CC(C)(C)C(=O)O)C(C)(C)[C@@H]5CC[C@]43C)[C@@H]12. The molecule has 0 aromatic heterocycles. The predicted octanol–water partition coefficient (Wildman–Crippen LogP) is 8.40. The molecule has 5 aliphatic carbocycles. The molecule has 0 spiro atoms. The molecule has 6 fully saturated rings. The molecule has 1 aliphatic heterocycles. The first-order valence-electron chi connectivity index (χ1n) is 19.9. The summed E-state index contributed by atoms with van der Waals surface area (Å²) in [4.78, 5) is 41.0. The third kappa shape index (κ3) is 5.55. The number of allylic oxidation sites excluding steroid dienone is 1. The Morgan fingerprint density at radius 3 is 2.27 bits per heavy atom. The van der Waals surface area contributed by atoms with Gasteiger partial charge in [0.05, 0.1) is 11.8 Å². The largest absolute Gasteiger partial charge is 0.481 e. The average Bonchev–Trinajstić information content (AvgIpc) is 3.64. The van der Waals surface area contributed by atoms with E-state index in [0.29, 0.717) is 48.5 Å². The van der Waals surface area contributed by atoms with Gasteiger partial charge < -0.3 is 20.5 Å². The molecule has 7 nitrogen and oxygen atoms in total. The highest BCUT2D eigenvalue weighted by atomic mass is 16.5. The van der Waals surface area contributed by atoms with E-state index in [1.165, 1.54) is 31.3 Å². The molecule has 6 aliphatic rings. The Morgan fingerprint density at radius 2 is 1.61 bits per heavy atom. The van der Waals surface area contributed by atoms with Crippen LogP contribution in [-0.4, -0.2) is 53.1 Å². The Bertz CT molecular complexity index is 1360. The van der Waals surface area contributed by atoms with Gasteiger partial charge in [-0.2, -0.15) is 0 Å². The van der Waals surface area contributed by atoms with Crippen LogP contribution in [0.3, 0.4) is 0 Å². The highest BCUT2D eigenvalue weighted by Crippen LogP contribution is 2.78. The van der Waals surface area contributed by atoms with Crippen LogP contribution in [0.1, 0.15) is 145 Å². The molecule has 1 saturated heterocycles. The molecule has 11 atom stereocenters. The number of esters is 1. The molecular formula is C42H68N2O5. The summed E-state index contributed by atoms with van der Waals surface area (Å²) in [6.07, 6.45) is 13.8. The van der Waals surface area contributed by atoms with Crippen molar-refractivity contribution in [3.63, 3.8) is 0 Å². The lowest BCUT2D eigenvalue weighted by atomic mass is 9.32. The number of carboxylic acids is 1. The number of carbonyl (C=O) groups excluding carboxylic acids is 2. The molecule has 276 valence electrons. The monoisotopic (exact) mass is 681 g/mol. The molecule has 0 radical (unpaired) electrons. The predicted molar refractivity (Wildman–Crippen MR) is 193 cm³/mol. The summed E-state index contributed by atoms with van der Waals surface area (Å²) in [6, 6.07) is 0.208. The van der Waals surface area contributed by atoms with E-state index in [2.05, 4.69) is 53.0 Å². The number of carbonyl (C=O) groups is 3. The number of carboxylic acid groups (broad SMARTS) is 1. The van der Waals surface area contributed by atoms with Gasteiger partial charge in [0, 0.05) is 31.0 Å². The summed E-state index contributed by atoms with van der Waals surface area (Å²) >= 11 is 0. The fourth-order valence-corrected chi connectivity index (χ4v) is 14.2. The second-order valence-corrected chi connectivity index (χ2v) is 20.0. The van der Waals surface area contributed by atoms with Crippen molar-refractivity contribution in [1.29, 1.82) is 0 Å². The lowest BCUT2D eigenvalue weighted by molar-refractivity contribution is -0.250. The number of hydrogen-bond acceptors (Lipinski definition) is 5. The number of ether oxygens (including phenoxy) is 1. The van der Waals surface area contributed by atoms with Gasteiger partial charge in [0.1, 0.15) is 6.10 Å². The van der Waals surface area contributed by atoms with Gasteiger partial charge in [-0.15, -0.1) is 0 Å². The van der Waals surface area contributed by atoms with E-state index in [1.807, 2.05) is 0 Å². The zero-order valence-electron chi connectivity index (χ0n) is 32.2. The van der Waals surface area contributed by atoms with Gasteiger partial charge >= 0.3 is 11.9 Å². The zero-order valence-corrected chi connectivity index (χ0v) is 32.2. The van der Waals surface area contributed by atoms with E-state index in [9.17, 15) is 19.5 Å². The van der Waals surface area contributed by atoms with Crippen molar-refractivity contribution in [2.24, 2.45) is 67.8 Å². The highest BCUT2D eigenvalue weighted by molar-refractivity contribution is 5.81. The van der Waals surface area contributed by atoms with Crippen LogP contribution in [0.2, 0.25) is 0 Å². The van der Waals surface area contributed by atoms with Crippen LogP contribution < -0.4 is 5.73 Å². The molecule has 1 heterocycles. The van der Waals surface area contributed by atoms with Crippen LogP contribution in [0.15, 0.2) is 12.2 Å². The van der Waals surface area contributed by atoms with Crippen molar-refractivity contribution in [3.05, 3.63) is 12.2 Å². The minimum Gasteiger partial charge on any atom is -0.481 e. The first kappa shape index (κ1) is 36.9. The summed E-state index contributed by atoms with van der Waals surface area (Å²) in [5.74, 6) is 1.60. The maximum Gasteiger partial charge on any atom is 0.309 e. The van der Waals surface area contributed by atoms with E-state index < -0.39 is 11.4 Å².